The van der Waals surface area contributed by atoms with Gasteiger partial charge in [-0.05, 0) is 85.2 Å². The molecular formula is C26H25N5S. The molecule has 1 fully saturated rings. The Morgan fingerprint density at radius 1 is 0.969 bits per heavy atom. The number of nitrogens with one attached hydrogen (secondary N) is 1. The predicted octanol–water partition coefficient (Wildman–Crippen LogP) is 5.06. The lowest BCUT2D eigenvalue weighted by Crippen LogP contribution is -2.30. The summed E-state index contributed by atoms with van der Waals surface area (Å²) in [6.07, 6.45) is 7.65. The fraction of sp³-hybridized carbons (Fsp3) is 0.192. The molecule has 5 nitrogen and oxygen atoms in total. The van der Waals surface area contributed by atoms with Gasteiger partial charge in [-0.3, -0.25) is 9.97 Å². The summed E-state index contributed by atoms with van der Waals surface area (Å²) in [7, 11) is 0. The first-order valence-electron chi connectivity index (χ1n) is 10.7. The van der Waals surface area contributed by atoms with Crippen LogP contribution in [0.1, 0.15) is 40.2 Å². The lowest BCUT2D eigenvalue weighted by atomic mass is 10.0. The molecule has 1 aromatic carbocycles. The van der Waals surface area contributed by atoms with Crippen molar-refractivity contribution < 1.29 is 0 Å². The van der Waals surface area contributed by atoms with E-state index < -0.39 is 0 Å². The van der Waals surface area contributed by atoms with Crippen LogP contribution in [0.25, 0.3) is 5.69 Å². The molecule has 0 unspecified atom stereocenters. The Morgan fingerprint density at radius 3 is 2.62 bits per heavy atom. The number of nitrogens with zero attached hydrogens (tertiary/aromatic N) is 4. The number of thiocarbonyl (C=S) groups is 1. The highest BCUT2D eigenvalue weighted by atomic mass is 32.1. The molecule has 0 radical (unpaired) electrons. The third-order valence-corrected chi connectivity index (χ3v) is 6.48. The second-order valence-corrected chi connectivity index (χ2v) is 8.57. The van der Waals surface area contributed by atoms with Crippen LogP contribution in [0.5, 0.6) is 0 Å². The van der Waals surface area contributed by atoms with Gasteiger partial charge in [0, 0.05) is 42.7 Å². The van der Waals surface area contributed by atoms with E-state index in [9.17, 15) is 0 Å². The van der Waals surface area contributed by atoms with Gasteiger partial charge < -0.3 is 14.8 Å². The SMILES string of the molecule is Cc1ccc(-n2cccc2[C@@H]2[C@H](c3ccccn3)NC(=S)N2Cc2cccnc2)cc1C. The molecule has 4 heterocycles. The van der Waals surface area contributed by atoms with Crippen LogP contribution in [0.4, 0.5) is 0 Å². The quantitative estimate of drug-likeness (QED) is 0.441. The number of rotatable bonds is 5. The Bertz CT molecular complexity index is 1240. The fourth-order valence-corrected chi connectivity index (χ4v) is 4.64. The van der Waals surface area contributed by atoms with Gasteiger partial charge in [-0.2, -0.15) is 0 Å². The van der Waals surface area contributed by atoms with Gasteiger partial charge in [0.25, 0.3) is 0 Å². The van der Waals surface area contributed by atoms with Gasteiger partial charge in [-0.25, -0.2) is 0 Å². The first-order chi connectivity index (χ1) is 15.6. The van der Waals surface area contributed by atoms with Crippen LogP contribution in [-0.4, -0.2) is 24.5 Å². The molecule has 4 aromatic rings. The summed E-state index contributed by atoms with van der Waals surface area (Å²) in [6, 6.07) is 20.9. The van der Waals surface area contributed by atoms with E-state index in [4.69, 9.17) is 12.2 Å². The lowest BCUT2D eigenvalue weighted by molar-refractivity contribution is 0.302. The van der Waals surface area contributed by atoms with Crippen LogP contribution in [0.15, 0.2) is 85.5 Å². The van der Waals surface area contributed by atoms with Crippen LogP contribution in [-0.2, 0) is 6.54 Å². The van der Waals surface area contributed by atoms with Crippen LogP contribution < -0.4 is 5.32 Å². The van der Waals surface area contributed by atoms with Gasteiger partial charge in [0.15, 0.2) is 5.11 Å². The number of hydrogen-bond acceptors (Lipinski definition) is 3. The third-order valence-electron chi connectivity index (χ3n) is 6.13. The molecule has 0 spiro atoms. The third kappa shape index (κ3) is 3.78. The highest BCUT2D eigenvalue weighted by Crippen LogP contribution is 2.40. The summed E-state index contributed by atoms with van der Waals surface area (Å²) < 4.78 is 2.26. The van der Waals surface area contributed by atoms with Crippen molar-refractivity contribution in [2.24, 2.45) is 0 Å². The molecule has 0 amide bonds. The van der Waals surface area contributed by atoms with Gasteiger partial charge in [-0.1, -0.05) is 18.2 Å². The number of aromatic nitrogens is 3. The van der Waals surface area contributed by atoms with Crippen molar-refractivity contribution in [3.63, 3.8) is 0 Å². The summed E-state index contributed by atoms with van der Waals surface area (Å²) in [5.41, 5.74) is 6.97. The number of hydrogen-bond donors (Lipinski definition) is 1. The van der Waals surface area contributed by atoms with Crippen LogP contribution in [0.3, 0.4) is 0 Å². The summed E-state index contributed by atoms with van der Waals surface area (Å²) in [5, 5.41) is 4.26. The molecule has 2 atom stereocenters. The highest BCUT2D eigenvalue weighted by molar-refractivity contribution is 7.80. The largest absolute Gasteiger partial charge is 0.352 e. The van der Waals surface area contributed by atoms with Crippen molar-refractivity contribution in [3.8, 4) is 5.69 Å². The second-order valence-electron chi connectivity index (χ2n) is 8.19. The van der Waals surface area contributed by atoms with E-state index >= 15 is 0 Å². The average molecular weight is 440 g/mol. The van der Waals surface area contributed by atoms with E-state index in [1.165, 1.54) is 16.8 Å². The first kappa shape index (κ1) is 20.4. The zero-order valence-corrected chi connectivity index (χ0v) is 19.0. The Hall–Kier alpha value is -3.51. The highest BCUT2D eigenvalue weighted by Gasteiger charge is 2.41. The van der Waals surface area contributed by atoms with Gasteiger partial charge in [0.2, 0.25) is 0 Å². The lowest BCUT2D eigenvalue weighted by Gasteiger charge is -2.29. The molecule has 1 aliphatic rings. The molecule has 5 rings (SSSR count). The standard InChI is InChI=1S/C26H25N5S/c1-18-10-11-21(15-19(18)2)30-14-6-9-23(30)25-24(22-8-3-4-13-28-22)29-26(32)31(25)17-20-7-5-12-27-16-20/h3-16,24-25H,17H2,1-2H3,(H,29,32)/t24-,25+/m0/s1. The zero-order chi connectivity index (χ0) is 22.1. The minimum Gasteiger partial charge on any atom is -0.352 e. The normalized spacial score (nSPS) is 18.1. The Morgan fingerprint density at radius 2 is 1.88 bits per heavy atom. The van der Waals surface area contributed by atoms with E-state index in [1.807, 2.05) is 30.6 Å². The van der Waals surface area contributed by atoms with Gasteiger partial charge in [0.05, 0.1) is 17.8 Å². The first-order valence-corrected chi connectivity index (χ1v) is 11.1. The molecule has 32 heavy (non-hydrogen) atoms. The van der Waals surface area contributed by atoms with Crippen LogP contribution in [0, 0.1) is 13.8 Å². The summed E-state index contributed by atoms with van der Waals surface area (Å²) >= 11 is 5.82. The van der Waals surface area contributed by atoms with Crippen molar-refractivity contribution in [1.82, 2.24) is 24.8 Å². The topological polar surface area (TPSA) is 46.0 Å². The van der Waals surface area contributed by atoms with E-state index in [0.717, 1.165) is 22.1 Å². The van der Waals surface area contributed by atoms with Gasteiger partial charge in [-0.15, -0.1) is 0 Å². The van der Waals surface area contributed by atoms with Crippen molar-refractivity contribution >= 4 is 17.3 Å². The number of pyridine rings is 2. The molecular weight excluding hydrogens is 414 g/mol. The van der Waals surface area contributed by atoms with Crippen molar-refractivity contribution in [3.05, 3.63) is 114 Å². The number of aryl methyl sites for hydroxylation is 2. The summed E-state index contributed by atoms with van der Waals surface area (Å²) in [4.78, 5) is 11.2. The summed E-state index contributed by atoms with van der Waals surface area (Å²) in [6.45, 7) is 4.97. The maximum absolute atomic E-state index is 5.82. The number of benzene rings is 1. The molecule has 3 aromatic heterocycles. The summed E-state index contributed by atoms with van der Waals surface area (Å²) in [5.74, 6) is 0. The fourth-order valence-electron chi connectivity index (χ4n) is 4.33. The maximum atomic E-state index is 5.82. The van der Waals surface area contributed by atoms with E-state index in [2.05, 4.69) is 87.3 Å². The van der Waals surface area contributed by atoms with Crippen molar-refractivity contribution in [2.75, 3.05) is 0 Å². The van der Waals surface area contributed by atoms with E-state index in [0.29, 0.717) is 6.54 Å². The van der Waals surface area contributed by atoms with Gasteiger partial charge >= 0.3 is 0 Å². The predicted molar refractivity (Wildman–Crippen MR) is 130 cm³/mol. The monoisotopic (exact) mass is 439 g/mol. The maximum Gasteiger partial charge on any atom is 0.170 e. The average Bonchev–Trinajstić information content (AvgIpc) is 3.42. The smallest absolute Gasteiger partial charge is 0.170 e. The van der Waals surface area contributed by atoms with Crippen LogP contribution >= 0.6 is 12.2 Å². The zero-order valence-electron chi connectivity index (χ0n) is 18.1. The van der Waals surface area contributed by atoms with Crippen molar-refractivity contribution in [2.45, 2.75) is 32.5 Å². The van der Waals surface area contributed by atoms with Crippen molar-refractivity contribution in [1.29, 1.82) is 0 Å². The van der Waals surface area contributed by atoms with E-state index in [-0.39, 0.29) is 12.1 Å². The Kier molecular flexibility index (Phi) is 5.45. The second kappa shape index (κ2) is 8.55. The molecule has 6 heteroatoms. The molecule has 0 saturated carbocycles. The molecule has 1 N–H and O–H groups in total. The molecule has 0 bridgehead atoms. The minimum atomic E-state index is -0.0550. The van der Waals surface area contributed by atoms with Gasteiger partial charge in [0.1, 0.15) is 0 Å². The Labute approximate surface area is 193 Å². The van der Waals surface area contributed by atoms with Crippen LogP contribution in [0.2, 0.25) is 0 Å². The molecule has 160 valence electrons. The molecule has 1 saturated heterocycles. The minimum absolute atomic E-state index is 0.0192. The van der Waals surface area contributed by atoms with E-state index in [1.54, 1.807) is 6.20 Å². The Balaban J connectivity index is 1.61. The molecule has 1 aliphatic heterocycles. The molecule has 0 aliphatic carbocycles.